The molecule has 0 aliphatic heterocycles. The van der Waals surface area contributed by atoms with E-state index in [1.165, 1.54) is 5.56 Å². The average molecular weight is 229 g/mol. The molecule has 1 aromatic carbocycles. The summed E-state index contributed by atoms with van der Waals surface area (Å²) in [6, 6.07) is 10.8. The molecule has 2 rings (SSSR count). The van der Waals surface area contributed by atoms with Crippen molar-refractivity contribution in [2.75, 3.05) is 5.32 Å². The summed E-state index contributed by atoms with van der Waals surface area (Å²) >= 11 is 0. The molecule has 2 aromatic rings. The van der Waals surface area contributed by atoms with Crippen molar-refractivity contribution in [1.29, 1.82) is 0 Å². The number of rotatable bonds is 4. The smallest absolute Gasteiger partial charge is 0.0731 e. The van der Waals surface area contributed by atoms with Gasteiger partial charge in [0.15, 0.2) is 0 Å². The Morgan fingerprint density at radius 2 is 1.88 bits per heavy atom. The van der Waals surface area contributed by atoms with Gasteiger partial charge in [0.1, 0.15) is 0 Å². The molecule has 3 nitrogen and oxygen atoms in total. The van der Waals surface area contributed by atoms with E-state index in [9.17, 15) is 0 Å². The van der Waals surface area contributed by atoms with Gasteiger partial charge in [-0.25, -0.2) is 0 Å². The third-order valence-corrected chi connectivity index (χ3v) is 2.85. The Morgan fingerprint density at radius 1 is 1.18 bits per heavy atom. The highest BCUT2D eigenvalue weighted by Gasteiger charge is 2.15. The van der Waals surface area contributed by atoms with Gasteiger partial charge in [0.05, 0.1) is 17.9 Å². The number of nitrogens with zero attached hydrogens (tertiary/aromatic N) is 2. The van der Waals surface area contributed by atoms with Crippen molar-refractivity contribution in [3.63, 3.8) is 0 Å². The minimum atomic E-state index is 0.320. The third-order valence-electron chi connectivity index (χ3n) is 2.85. The number of anilines is 1. The van der Waals surface area contributed by atoms with Crippen molar-refractivity contribution >= 4 is 5.69 Å². The fourth-order valence-corrected chi connectivity index (χ4v) is 1.97. The van der Waals surface area contributed by atoms with Gasteiger partial charge in [0.25, 0.3) is 0 Å². The SMILES string of the molecule is CC(C)C(Nc1cnn(C)c1)c1ccccc1. The lowest BCUT2D eigenvalue weighted by Crippen LogP contribution is -2.16. The van der Waals surface area contributed by atoms with Gasteiger partial charge in [-0.3, -0.25) is 4.68 Å². The van der Waals surface area contributed by atoms with E-state index in [1.807, 2.05) is 30.2 Å². The molecule has 0 fully saturated rings. The lowest BCUT2D eigenvalue weighted by molar-refractivity contribution is 0.546. The van der Waals surface area contributed by atoms with E-state index in [-0.39, 0.29) is 0 Å². The minimum absolute atomic E-state index is 0.320. The van der Waals surface area contributed by atoms with E-state index in [1.54, 1.807) is 0 Å². The number of hydrogen-bond acceptors (Lipinski definition) is 2. The molecule has 3 heteroatoms. The van der Waals surface area contributed by atoms with Crippen molar-refractivity contribution in [3.8, 4) is 0 Å². The molecule has 1 aromatic heterocycles. The molecule has 1 N–H and O–H groups in total. The Kier molecular flexibility index (Phi) is 3.47. The molecule has 0 spiro atoms. The van der Waals surface area contributed by atoms with Crippen LogP contribution in [0.4, 0.5) is 5.69 Å². The highest BCUT2D eigenvalue weighted by atomic mass is 15.3. The second kappa shape index (κ2) is 5.04. The maximum atomic E-state index is 4.18. The monoisotopic (exact) mass is 229 g/mol. The Balaban J connectivity index is 2.19. The first-order valence-electron chi connectivity index (χ1n) is 5.97. The van der Waals surface area contributed by atoms with Crippen LogP contribution in [0.3, 0.4) is 0 Å². The van der Waals surface area contributed by atoms with Crippen LogP contribution in [-0.2, 0) is 7.05 Å². The molecule has 0 amide bonds. The van der Waals surface area contributed by atoms with Crippen molar-refractivity contribution in [2.24, 2.45) is 13.0 Å². The molecule has 1 unspecified atom stereocenters. The van der Waals surface area contributed by atoms with Gasteiger partial charge in [-0.05, 0) is 11.5 Å². The topological polar surface area (TPSA) is 29.9 Å². The van der Waals surface area contributed by atoms with Crippen molar-refractivity contribution < 1.29 is 0 Å². The maximum Gasteiger partial charge on any atom is 0.0731 e. The maximum absolute atomic E-state index is 4.18. The average Bonchev–Trinajstić information content (AvgIpc) is 2.73. The first-order chi connectivity index (χ1) is 8.16. The van der Waals surface area contributed by atoms with Crippen LogP contribution in [0.15, 0.2) is 42.7 Å². The molecule has 90 valence electrons. The number of hydrogen-bond donors (Lipinski definition) is 1. The normalized spacial score (nSPS) is 12.7. The molecule has 0 saturated heterocycles. The van der Waals surface area contributed by atoms with E-state index < -0.39 is 0 Å². The predicted octanol–water partition coefficient (Wildman–Crippen LogP) is 3.23. The summed E-state index contributed by atoms with van der Waals surface area (Å²) in [5.74, 6) is 0.526. The zero-order chi connectivity index (χ0) is 12.3. The summed E-state index contributed by atoms with van der Waals surface area (Å²) in [5, 5.41) is 7.71. The summed E-state index contributed by atoms with van der Waals surface area (Å²) in [7, 11) is 1.93. The second-order valence-corrected chi connectivity index (χ2v) is 4.68. The van der Waals surface area contributed by atoms with Gasteiger partial charge in [-0.2, -0.15) is 5.10 Å². The quantitative estimate of drug-likeness (QED) is 0.872. The second-order valence-electron chi connectivity index (χ2n) is 4.68. The largest absolute Gasteiger partial charge is 0.375 e. The van der Waals surface area contributed by atoms with Gasteiger partial charge < -0.3 is 5.32 Å². The summed E-state index contributed by atoms with van der Waals surface area (Å²) < 4.78 is 1.81. The van der Waals surface area contributed by atoms with Crippen LogP contribution in [0.1, 0.15) is 25.5 Å². The molecule has 0 radical (unpaired) electrons. The molecule has 0 aliphatic carbocycles. The van der Waals surface area contributed by atoms with Gasteiger partial charge in [-0.15, -0.1) is 0 Å². The Bertz CT molecular complexity index is 459. The van der Waals surface area contributed by atoms with E-state index in [2.05, 4.69) is 48.5 Å². The van der Waals surface area contributed by atoms with E-state index >= 15 is 0 Å². The lowest BCUT2D eigenvalue weighted by Gasteiger charge is -2.23. The Labute approximate surface area is 102 Å². The summed E-state index contributed by atoms with van der Waals surface area (Å²) in [6.07, 6.45) is 3.86. The van der Waals surface area contributed by atoms with Crippen molar-refractivity contribution in [2.45, 2.75) is 19.9 Å². The van der Waals surface area contributed by atoms with E-state index in [0.717, 1.165) is 5.69 Å². The van der Waals surface area contributed by atoms with Crippen LogP contribution in [0.25, 0.3) is 0 Å². The fraction of sp³-hybridized carbons (Fsp3) is 0.357. The highest BCUT2D eigenvalue weighted by Crippen LogP contribution is 2.25. The van der Waals surface area contributed by atoms with E-state index in [0.29, 0.717) is 12.0 Å². The molecular weight excluding hydrogens is 210 g/mol. The summed E-state index contributed by atoms with van der Waals surface area (Å²) in [5.41, 5.74) is 2.38. The van der Waals surface area contributed by atoms with Gasteiger partial charge in [0, 0.05) is 13.2 Å². The molecule has 1 heterocycles. The molecule has 0 saturated carbocycles. The Hall–Kier alpha value is -1.77. The van der Waals surface area contributed by atoms with Crippen LogP contribution in [-0.4, -0.2) is 9.78 Å². The number of aromatic nitrogens is 2. The standard InChI is InChI=1S/C14H19N3/c1-11(2)14(12-7-5-4-6-8-12)16-13-9-15-17(3)10-13/h4-11,14,16H,1-3H3. The van der Waals surface area contributed by atoms with Gasteiger partial charge in [-0.1, -0.05) is 44.2 Å². The molecular formula is C14H19N3. The highest BCUT2D eigenvalue weighted by molar-refractivity contribution is 5.42. The first-order valence-corrected chi connectivity index (χ1v) is 5.97. The molecule has 17 heavy (non-hydrogen) atoms. The summed E-state index contributed by atoms with van der Waals surface area (Å²) in [4.78, 5) is 0. The van der Waals surface area contributed by atoms with Crippen LogP contribution in [0.2, 0.25) is 0 Å². The van der Waals surface area contributed by atoms with Gasteiger partial charge in [0.2, 0.25) is 0 Å². The third kappa shape index (κ3) is 2.87. The van der Waals surface area contributed by atoms with Crippen LogP contribution in [0.5, 0.6) is 0 Å². The zero-order valence-corrected chi connectivity index (χ0v) is 10.6. The lowest BCUT2D eigenvalue weighted by atomic mass is 9.96. The van der Waals surface area contributed by atoms with Crippen LogP contribution in [0, 0.1) is 5.92 Å². The van der Waals surface area contributed by atoms with Crippen molar-refractivity contribution in [3.05, 3.63) is 48.3 Å². The first kappa shape index (κ1) is 11.7. The van der Waals surface area contributed by atoms with E-state index in [4.69, 9.17) is 0 Å². The number of nitrogens with one attached hydrogen (secondary N) is 1. The Morgan fingerprint density at radius 3 is 2.41 bits per heavy atom. The van der Waals surface area contributed by atoms with Gasteiger partial charge >= 0.3 is 0 Å². The van der Waals surface area contributed by atoms with Crippen LogP contribution < -0.4 is 5.32 Å². The molecule has 1 atom stereocenters. The zero-order valence-electron chi connectivity index (χ0n) is 10.6. The minimum Gasteiger partial charge on any atom is -0.375 e. The molecule has 0 aliphatic rings. The fourth-order valence-electron chi connectivity index (χ4n) is 1.97. The van der Waals surface area contributed by atoms with Crippen LogP contribution >= 0.6 is 0 Å². The number of aryl methyl sites for hydroxylation is 1. The predicted molar refractivity (Wildman–Crippen MR) is 70.9 cm³/mol. The molecule has 0 bridgehead atoms. The summed E-state index contributed by atoms with van der Waals surface area (Å²) in [6.45, 7) is 4.45. The number of benzene rings is 1. The van der Waals surface area contributed by atoms with Crippen molar-refractivity contribution in [1.82, 2.24) is 9.78 Å².